The highest BCUT2D eigenvalue weighted by molar-refractivity contribution is 7.09. The van der Waals surface area contributed by atoms with Gasteiger partial charge in [-0.25, -0.2) is 9.37 Å². The van der Waals surface area contributed by atoms with Gasteiger partial charge in [-0.2, -0.15) is 0 Å². The van der Waals surface area contributed by atoms with Crippen LogP contribution in [0.15, 0.2) is 29.6 Å². The predicted molar refractivity (Wildman–Crippen MR) is 104 cm³/mol. The van der Waals surface area contributed by atoms with E-state index in [1.165, 1.54) is 17.4 Å². The zero-order chi connectivity index (χ0) is 16.2. The molecule has 1 aliphatic rings. The first-order chi connectivity index (χ1) is 11.2. The predicted octanol–water partition coefficient (Wildman–Crippen LogP) is 3.54. The molecule has 1 fully saturated rings. The van der Waals surface area contributed by atoms with Gasteiger partial charge in [0.25, 0.3) is 5.91 Å². The number of hydrogen-bond acceptors (Lipinski definition) is 4. The molecule has 1 amide bonds. The summed E-state index contributed by atoms with van der Waals surface area (Å²) >= 11 is 1.41. The van der Waals surface area contributed by atoms with Crippen LogP contribution in [0.5, 0.6) is 0 Å². The van der Waals surface area contributed by atoms with Gasteiger partial charge in [0, 0.05) is 30.9 Å². The van der Waals surface area contributed by atoms with Gasteiger partial charge < -0.3 is 10.2 Å². The SMILES string of the molecule is CNC1CCN(C(=O)c2csc(Cc3ccccc3F)n2)CC1.Cl.Cl. The topological polar surface area (TPSA) is 45.2 Å². The lowest BCUT2D eigenvalue weighted by molar-refractivity contribution is 0.0702. The van der Waals surface area contributed by atoms with Crippen LogP contribution in [0.4, 0.5) is 4.39 Å². The third kappa shape index (κ3) is 5.38. The molecule has 2 heterocycles. The molecule has 1 N–H and O–H groups in total. The molecule has 1 aromatic heterocycles. The van der Waals surface area contributed by atoms with E-state index in [0.29, 0.717) is 23.7 Å². The lowest BCUT2D eigenvalue weighted by Gasteiger charge is -2.31. The van der Waals surface area contributed by atoms with Crippen molar-refractivity contribution >= 4 is 42.1 Å². The Hall–Kier alpha value is -1.21. The van der Waals surface area contributed by atoms with Crippen LogP contribution in [-0.2, 0) is 6.42 Å². The molecule has 0 aliphatic carbocycles. The van der Waals surface area contributed by atoms with Crippen molar-refractivity contribution in [3.63, 3.8) is 0 Å². The van der Waals surface area contributed by atoms with Crippen molar-refractivity contribution in [3.8, 4) is 0 Å². The van der Waals surface area contributed by atoms with Crippen molar-refractivity contribution in [2.45, 2.75) is 25.3 Å². The summed E-state index contributed by atoms with van der Waals surface area (Å²) in [7, 11) is 1.96. The minimum Gasteiger partial charge on any atom is -0.337 e. The quantitative estimate of drug-likeness (QED) is 0.845. The Kier molecular flexibility index (Phi) is 8.79. The van der Waals surface area contributed by atoms with E-state index in [4.69, 9.17) is 0 Å². The van der Waals surface area contributed by atoms with E-state index in [2.05, 4.69) is 10.3 Å². The van der Waals surface area contributed by atoms with Gasteiger partial charge in [0.15, 0.2) is 0 Å². The molecule has 3 rings (SSSR count). The van der Waals surface area contributed by atoms with Gasteiger partial charge in [-0.1, -0.05) is 18.2 Å². The molecule has 2 aromatic rings. The Balaban J connectivity index is 0.00000156. The Labute approximate surface area is 163 Å². The van der Waals surface area contributed by atoms with Crippen LogP contribution in [0.1, 0.15) is 33.9 Å². The molecule has 4 nitrogen and oxygen atoms in total. The highest BCUT2D eigenvalue weighted by atomic mass is 35.5. The van der Waals surface area contributed by atoms with Crippen LogP contribution >= 0.6 is 36.2 Å². The summed E-state index contributed by atoms with van der Waals surface area (Å²) in [6, 6.07) is 7.17. The number of piperidine rings is 1. The van der Waals surface area contributed by atoms with Gasteiger partial charge in [-0.3, -0.25) is 4.79 Å². The molecular formula is C17H22Cl2FN3OS. The largest absolute Gasteiger partial charge is 0.337 e. The number of likely N-dealkylation sites (tertiary alicyclic amines) is 1. The van der Waals surface area contributed by atoms with Gasteiger partial charge in [0.2, 0.25) is 0 Å². The molecule has 0 spiro atoms. The number of aromatic nitrogens is 1. The Morgan fingerprint density at radius 1 is 1.32 bits per heavy atom. The Morgan fingerprint density at radius 2 is 2.00 bits per heavy atom. The van der Waals surface area contributed by atoms with Crippen LogP contribution < -0.4 is 5.32 Å². The molecule has 1 saturated heterocycles. The van der Waals surface area contributed by atoms with Crippen LogP contribution in [0.3, 0.4) is 0 Å². The van der Waals surface area contributed by atoms with Crippen molar-refractivity contribution in [1.29, 1.82) is 0 Å². The molecule has 1 aromatic carbocycles. The number of nitrogens with zero attached hydrogens (tertiary/aromatic N) is 2. The number of carbonyl (C=O) groups excluding carboxylic acids is 1. The summed E-state index contributed by atoms with van der Waals surface area (Å²) in [5.74, 6) is -0.250. The first-order valence-electron chi connectivity index (χ1n) is 7.81. The highest BCUT2D eigenvalue weighted by Gasteiger charge is 2.24. The molecular weight excluding hydrogens is 384 g/mol. The third-order valence-electron chi connectivity index (χ3n) is 4.26. The van der Waals surface area contributed by atoms with Crippen molar-refractivity contribution < 1.29 is 9.18 Å². The van der Waals surface area contributed by atoms with Crippen LogP contribution in [-0.4, -0.2) is 42.0 Å². The van der Waals surface area contributed by atoms with E-state index in [-0.39, 0.29) is 36.5 Å². The molecule has 1 aliphatic heterocycles. The van der Waals surface area contributed by atoms with Gasteiger partial charge in [-0.05, 0) is 31.5 Å². The molecule has 0 saturated carbocycles. The fourth-order valence-electron chi connectivity index (χ4n) is 2.83. The number of nitrogens with one attached hydrogen (secondary N) is 1. The van der Waals surface area contributed by atoms with E-state index in [9.17, 15) is 9.18 Å². The summed E-state index contributed by atoms with van der Waals surface area (Å²) < 4.78 is 13.7. The first kappa shape index (κ1) is 21.8. The fraction of sp³-hybridized carbons (Fsp3) is 0.412. The van der Waals surface area contributed by atoms with Crippen molar-refractivity contribution in [2.75, 3.05) is 20.1 Å². The molecule has 25 heavy (non-hydrogen) atoms. The Morgan fingerprint density at radius 3 is 2.64 bits per heavy atom. The maximum absolute atomic E-state index is 13.7. The van der Waals surface area contributed by atoms with E-state index >= 15 is 0 Å². The van der Waals surface area contributed by atoms with E-state index in [1.54, 1.807) is 17.5 Å². The summed E-state index contributed by atoms with van der Waals surface area (Å²) in [5, 5.41) is 5.80. The summed E-state index contributed by atoms with van der Waals surface area (Å²) in [6.45, 7) is 1.51. The average molecular weight is 406 g/mol. The Bertz CT molecular complexity index is 690. The van der Waals surface area contributed by atoms with Crippen LogP contribution in [0, 0.1) is 5.82 Å². The lowest BCUT2D eigenvalue weighted by Crippen LogP contribution is -2.44. The second kappa shape index (κ2) is 10.1. The zero-order valence-corrected chi connectivity index (χ0v) is 16.4. The molecule has 138 valence electrons. The number of amides is 1. The normalized spacial score (nSPS) is 14.6. The average Bonchev–Trinajstić information content (AvgIpc) is 3.05. The van der Waals surface area contributed by atoms with Gasteiger partial charge in [0.1, 0.15) is 11.5 Å². The van der Waals surface area contributed by atoms with Crippen LogP contribution in [0.2, 0.25) is 0 Å². The number of halogens is 3. The first-order valence-corrected chi connectivity index (χ1v) is 8.69. The van der Waals surface area contributed by atoms with Gasteiger partial charge in [0.05, 0.1) is 5.01 Å². The van der Waals surface area contributed by atoms with Crippen molar-refractivity contribution in [1.82, 2.24) is 15.2 Å². The second-order valence-corrected chi connectivity index (χ2v) is 6.69. The second-order valence-electron chi connectivity index (χ2n) is 5.75. The smallest absolute Gasteiger partial charge is 0.273 e. The summed E-state index contributed by atoms with van der Waals surface area (Å²) in [5.41, 5.74) is 1.08. The summed E-state index contributed by atoms with van der Waals surface area (Å²) in [6.07, 6.45) is 2.36. The zero-order valence-electron chi connectivity index (χ0n) is 13.9. The minimum atomic E-state index is -0.232. The van der Waals surface area contributed by atoms with Gasteiger partial charge >= 0.3 is 0 Å². The molecule has 0 atom stereocenters. The van der Waals surface area contributed by atoms with Crippen LogP contribution in [0.25, 0.3) is 0 Å². The monoisotopic (exact) mass is 405 g/mol. The molecule has 0 unspecified atom stereocenters. The third-order valence-corrected chi connectivity index (χ3v) is 5.11. The minimum absolute atomic E-state index is 0. The number of thiazole rings is 1. The van der Waals surface area contributed by atoms with E-state index in [0.717, 1.165) is 30.9 Å². The number of rotatable bonds is 4. The number of hydrogen-bond donors (Lipinski definition) is 1. The molecule has 8 heteroatoms. The maximum Gasteiger partial charge on any atom is 0.273 e. The van der Waals surface area contributed by atoms with E-state index in [1.807, 2.05) is 18.0 Å². The fourth-order valence-corrected chi connectivity index (χ4v) is 3.62. The van der Waals surface area contributed by atoms with Gasteiger partial charge in [-0.15, -0.1) is 36.2 Å². The van der Waals surface area contributed by atoms with Crippen molar-refractivity contribution in [3.05, 3.63) is 51.7 Å². The molecule has 0 radical (unpaired) electrons. The maximum atomic E-state index is 13.7. The van der Waals surface area contributed by atoms with E-state index < -0.39 is 0 Å². The number of benzene rings is 1. The standard InChI is InChI=1S/C17H20FN3OS.2ClH/c1-19-13-6-8-21(9-7-13)17(22)15-11-23-16(20-15)10-12-4-2-3-5-14(12)18;;/h2-5,11,13,19H,6-10H2,1H3;2*1H. The summed E-state index contributed by atoms with van der Waals surface area (Å²) in [4.78, 5) is 18.8. The highest BCUT2D eigenvalue weighted by Crippen LogP contribution is 2.19. The molecule has 0 bridgehead atoms. The van der Waals surface area contributed by atoms with Crippen molar-refractivity contribution in [2.24, 2.45) is 0 Å². The number of carbonyl (C=O) groups is 1. The lowest BCUT2D eigenvalue weighted by atomic mass is 10.1.